The zero-order valence-corrected chi connectivity index (χ0v) is 14.1. The SMILES string of the molecule is COC(=O)C1(c2ccccc2)CCN(C(=O)NCc2cccnc2)C1. The van der Waals surface area contributed by atoms with Crippen molar-refractivity contribution in [2.75, 3.05) is 20.2 Å². The summed E-state index contributed by atoms with van der Waals surface area (Å²) in [5.74, 6) is -0.304. The number of hydrogen-bond acceptors (Lipinski definition) is 4. The number of ether oxygens (including phenoxy) is 1. The fraction of sp³-hybridized carbons (Fsp3) is 0.316. The third kappa shape index (κ3) is 3.47. The Hall–Kier alpha value is -2.89. The van der Waals surface area contributed by atoms with Crippen molar-refractivity contribution in [3.05, 3.63) is 66.0 Å². The molecule has 1 atom stereocenters. The maximum Gasteiger partial charge on any atom is 0.318 e. The van der Waals surface area contributed by atoms with Crippen LogP contribution in [-0.2, 0) is 21.5 Å². The van der Waals surface area contributed by atoms with E-state index in [1.807, 2.05) is 42.5 Å². The first kappa shape index (κ1) is 17.0. The molecule has 1 unspecified atom stereocenters. The monoisotopic (exact) mass is 339 g/mol. The van der Waals surface area contributed by atoms with E-state index in [9.17, 15) is 9.59 Å². The first-order chi connectivity index (χ1) is 12.2. The van der Waals surface area contributed by atoms with Crippen molar-refractivity contribution in [1.82, 2.24) is 15.2 Å². The van der Waals surface area contributed by atoms with Crippen LogP contribution >= 0.6 is 0 Å². The van der Waals surface area contributed by atoms with Crippen LogP contribution in [0.3, 0.4) is 0 Å². The molecule has 3 rings (SSSR count). The van der Waals surface area contributed by atoms with Crippen LogP contribution in [0.1, 0.15) is 17.5 Å². The van der Waals surface area contributed by atoms with E-state index >= 15 is 0 Å². The summed E-state index contributed by atoms with van der Waals surface area (Å²) < 4.78 is 5.04. The second kappa shape index (κ2) is 7.34. The summed E-state index contributed by atoms with van der Waals surface area (Å²) in [6.07, 6.45) is 3.95. The smallest absolute Gasteiger partial charge is 0.318 e. The molecule has 0 bridgehead atoms. The number of likely N-dealkylation sites (tertiary alicyclic amines) is 1. The molecule has 25 heavy (non-hydrogen) atoms. The Kier molecular flexibility index (Phi) is 4.97. The highest BCUT2D eigenvalue weighted by Gasteiger charge is 2.48. The third-order valence-corrected chi connectivity index (χ3v) is 4.63. The Labute approximate surface area is 146 Å². The van der Waals surface area contributed by atoms with E-state index in [1.165, 1.54) is 7.11 Å². The minimum atomic E-state index is -0.804. The molecule has 1 saturated heterocycles. The number of carbonyl (C=O) groups excluding carboxylic acids is 2. The highest BCUT2D eigenvalue weighted by Crippen LogP contribution is 2.35. The summed E-state index contributed by atoms with van der Waals surface area (Å²) in [5.41, 5.74) is 1.00. The Morgan fingerprint density at radius 3 is 2.72 bits per heavy atom. The van der Waals surface area contributed by atoms with Crippen molar-refractivity contribution in [2.45, 2.75) is 18.4 Å². The second-order valence-corrected chi connectivity index (χ2v) is 6.13. The average molecular weight is 339 g/mol. The zero-order chi connectivity index (χ0) is 17.7. The lowest BCUT2D eigenvalue weighted by Gasteiger charge is -2.27. The number of pyridine rings is 1. The highest BCUT2D eigenvalue weighted by molar-refractivity contribution is 5.86. The molecule has 1 fully saturated rings. The normalized spacial score (nSPS) is 19.5. The lowest BCUT2D eigenvalue weighted by atomic mass is 9.80. The molecule has 1 aliphatic rings. The predicted molar refractivity (Wildman–Crippen MR) is 92.8 cm³/mol. The molecule has 0 radical (unpaired) electrons. The molecule has 1 aliphatic heterocycles. The number of rotatable bonds is 4. The maximum atomic E-state index is 12.5. The van der Waals surface area contributed by atoms with Gasteiger partial charge in [-0.15, -0.1) is 0 Å². The van der Waals surface area contributed by atoms with Crippen molar-refractivity contribution < 1.29 is 14.3 Å². The molecule has 2 heterocycles. The molecule has 2 aromatic rings. The number of nitrogens with one attached hydrogen (secondary N) is 1. The molecule has 0 spiro atoms. The third-order valence-electron chi connectivity index (χ3n) is 4.63. The zero-order valence-electron chi connectivity index (χ0n) is 14.1. The van der Waals surface area contributed by atoms with Crippen LogP contribution in [0.25, 0.3) is 0 Å². The van der Waals surface area contributed by atoms with Gasteiger partial charge < -0.3 is 15.0 Å². The van der Waals surface area contributed by atoms with Crippen molar-refractivity contribution in [3.8, 4) is 0 Å². The van der Waals surface area contributed by atoms with Crippen molar-refractivity contribution in [2.24, 2.45) is 0 Å². The molecule has 6 nitrogen and oxygen atoms in total. The van der Waals surface area contributed by atoms with Gasteiger partial charge in [0, 0.05) is 32.0 Å². The summed E-state index contributed by atoms with van der Waals surface area (Å²) in [4.78, 5) is 30.7. The molecular formula is C19H21N3O3. The number of aromatic nitrogens is 1. The van der Waals surface area contributed by atoms with Gasteiger partial charge in [0.2, 0.25) is 0 Å². The van der Waals surface area contributed by atoms with Gasteiger partial charge in [-0.1, -0.05) is 36.4 Å². The quantitative estimate of drug-likeness (QED) is 0.866. The molecule has 0 aliphatic carbocycles. The van der Waals surface area contributed by atoms with E-state index < -0.39 is 5.41 Å². The maximum absolute atomic E-state index is 12.5. The highest BCUT2D eigenvalue weighted by atomic mass is 16.5. The Morgan fingerprint density at radius 1 is 1.24 bits per heavy atom. The van der Waals surface area contributed by atoms with Crippen LogP contribution in [0.2, 0.25) is 0 Å². The van der Waals surface area contributed by atoms with E-state index in [2.05, 4.69) is 10.3 Å². The second-order valence-electron chi connectivity index (χ2n) is 6.13. The van der Waals surface area contributed by atoms with Gasteiger partial charge in [0.05, 0.1) is 7.11 Å². The largest absolute Gasteiger partial charge is 0.468 e. The standard InChI is InChI=1S/C19H21N3O3/c1-25-17(23)19(16-7-3-2-4-8-16)9-11-22(14-19)18(24)21-13-15-6-5-10-20-12-15/h2-8,10,12H,9,11,13-14H2,1H3,(H,21,24). The summed E-state index contributed by atoms with van der Waals surface area (Å²) in [5, 5.41) is 2.88. The van der Waals surface area contributed by atoms with E-state index in [0.29, 0.717) is 26.1 Å². The van der Waals surface area contributed by atoms with Crippen LogP contribution in [0, 0.1) is 0 Å². The number of hydrogen-bond donors (Lipinski definition) is 1. The minimum Gasteiger partial charge on any atom is -0.468 e. The van der Waals surface area contributed by atoms with Gasteiger partial charge in [0.1, 0.15) is 5.41 Å². The molecule has 0 saturated carbocycles. The summed E-state index contributed by atoms with van der Waals surface area (Å²) in [7, 11) is 1.39. The average Bonchev–Trinajstić information content (AvgIpc) is 3.14. The Morgan fingerprint density at radius 2 is 2.04 bits per heavy atom. The lowest BCUT2D eigenvalue weighted by molar-refractivity contribution is -0.147. The molecule has 1 N–H and O–H groups in total. The predicted octanol–water partition coefficient (Wildman–Crippen LogP) is 2.11. The molecule has 1 aromatic heterocycles. The minimum absolute atomic E-state index is 0.189. The molecule has 130 valence electrons. The van der Waals surface area contributed by atoms with Crippen molar-refractivity contribution in [3.63, 3.8) is 0 Å². The van der Waals surface area contributed by atoms with Gasteiger partial charge in [0.25, 0.3) is 0 Å². The van der Waals surface area contributed by atoms with Gasteiger partial charge in [-0.05, 0) is 23.6 Å². The van der Waals surface area contributed by atoms with Crippen molar-refractivity contribution >= 4 is 12.0 Å². The first-order valence-corrected chi connectivity index (χ1v) is 8.21. The summed E-state index contributed by atoms with van der Waals surface area (Å²) >= 11 is 0. The number of amides is 2. The van der Waals surface area contributed by atoms with Crippen LogP contribution in [0.5, 0.6) is 0 Å². The van der Waals surface area contributed by atoms with Crippen LogP contribution in [0.4, 0.5) is 4.79 Å². The van der Waals surface area contributed by atoms with Crippen LogP contribution < -0.4 is 5.32 Å². The van der Waals surface area contributed by atoms with Gasteiger partial charge in [0.15, 0.2) is 0 Å². The molecule has 1 aromatic carbocycles. The number of benzene rings is 1. The van der Waals surface area contributed by atoms with Gasteiger partial charge in [-0.3, -0.25) is 9.78 Å². The molecule has 2 amide bonds. The van der Waals surface area contributed by atoms with Gasteiger partial charge in [-0.25, -0.2) is 4.79 Å². The van der Waals surface area contributed by atoms with Gasteiger partial charge >= 0.3 is 12.0 Å². The number of esters is 1. The molecule has 6 heteroatoms. The van der Waals surface area contributed by atoms with Crippen molar-refractivity contribution in [1.29, 1.82) is 0 Å². The Bertz CT molecular complexity index is 736. The summed E-state index contributed by atoms with van der Waals surface area (Å²) in [6.45, 7) is 1.21. The van der Waals surface area contributed by atoms with E-state index in [0.717, 1.165) is 11.1 Å². The number of carbonyl (C=O) groups is 2. The van der Waals surface area contributed by atoms with Crippen LogP contribution in [-0.4, -0.2) is 42.1 Å². The summed E-state index contributed by atoms with van der Waals surface area (Å²) in [6, 6.07) is 13.1. The first-order valence-electron chi connectivity index (χ1n) is 8.21. The molecular weight excluding hydrogens is 318 g/mol. The van der Waals surface area contributed by atoms with E-state index in [4.69, 9.17) is 4.74 Å². The fourth-order valence-corrected chi connectivity index (χ4v) is 3.25. The van der Waals surface area contributed by atoms with E-state index in [-0.39, 0.29) is 12.0 Å². The van der Waals surface area contributed by atoms with E-state index in [1.54, 1.807) is 17.3 Å². The topological polar surface area (TPSA) is 71.5 Å². The number of nitrogens with zero attached hydrogens (tertiary/aromatic N) is 2. The number of methoxy groups -OCH3 is 1. The number of urea groups is 1. The van der Waals surface area contributed by atoms with Crippen LogP contribution in [0.15, 0.2) is 54.9 Å². The Balaban J connectivity index is 1.71. The lowest BCUT2D eigenvalue weighted by Crippen LogP contribution is -2.44. The fourth-order valence-electron chi connectivity index (χ4n) is 3.25. The van der Waals surface area contributed by atoms with Gasteiger partial charge in [-0.2, -0.15) is 0 Å².